The molecule has 3 rings (SSSR count). The lowest BCUT2D eigenvalue weighted by atomic mass is 9.97. The van der Waals surface area contributed by atoms with E-state index in [1.54, 1.807) is 9.47 Å². The van der Waals surface area contributed by atoms with E-state index in [-0.39, 0.29) is 17.0 Å². The third-order valence-electron chi connectivity index (χ3n) is 7.38. The van der Waals surface area contributed by atoms with Crippen LogP contribution in [-0.4, -0.2) is 39.3 Å². The molecule has 1 unspecified atom stereocenters. The molecular formula is C27H38N4O2S2. The summed E-state index contributed by atoms with van der Waals surface area (Å²) in [6, 6.07) is 2.11. The molecule has 6 nitrogen and oxygen atoms in total. The maximum atomic E-state index is 13.5. The first kappa shape index (κ1) is 27.5. The second kappa shape index (κ2) is 12.2. The molecule has 2 saturated heterocycles. The summed E-state index contributed by atoms with van der Waals surface area (Å²) in [5, 5.41) is 9.77. The highest BCUT2D eigenvalue weighted by Crippen LogP contribution is 2.37. The summed E-state index contributed by atoms with van der Waals surface area (Å²) in [7, 11) is 0. The quantitative estimate of drug-likeness (QED) is 0.311. The Morgan fingerprint density at radius 1 is 1.23 bits per heavy atom. The number of thiocarbonyl (C=S) groups is 1. The molecule has 1 amide bonds. The first-order chi connectivity index (χ1) is 16.8. The van der Waals surface area contributed by atoms with Crippen LogP contribution in [0.2, 0.25) is 0 Å². The van der Waals surface area contributed by atoms with Gasteiger partial charge in [0.1, 0.15) is 21.8 Å². The number of thioether (sulfide) groups is 1. The second-order valence-corrected chi connectivity index (χ2v) is 11.5. The molecule has 1 aromatic rings. The lowest BCUT2D eigenvalue weighted by Gasteiger charge is -2.35. The fraction of sp³-hybridized carbons (Fsp3) is 0.630. The summed E-state index contributed by atoms with van der Waals surface area (Å²) in [6.45, 7) is 13.2. The summed E-state index contributed by atoms with van der Waals surface area (Å²) in [4.78, 5) is 31.2. The highest BCUT2D eigenvalue weighted by Gasteiger charge is 2.34. The van der Waals surface area contributed by atoms with E-state index in [0.717, 1.165) is 63.0 Å². The van der Waals surface area contributed by atoms with Crippen LogP contribution < -0.4 is 10.5 Å². The van der Waals surface area contributed by atoms with Gasteiger partial charge in [0, 0.05) is 31.7 Å². The van der Waals surface area contributed by atoms with Gasteiger partial charge in [-0.2, -0.15) is 5.26 Å². The Morgan fingerprint density at radius 2 is 1.91 bits per heavy atom. The van der Waals surface area contributed by atoms with Crippen molar-refractivity contribution in [1.82, 2.24) is 9.47 Å². The minimum Gasteiger partial charge on any atom is -0.357 e. The Balaban J connectivity index is 2.06. The van der Waals surface area contributed by atoms with Crippen LogP contribution in [0.15, 0.2) is 9.70 Å². The van der Waals surface area contributed by atoms with Crippen LogP contribution >= 0.6 is 24.0 Å². The number of anilines is 1. The van der Waals surface area contributed by atoms with Crippen molar-refractivity contribution in [3.63, 3.8) is 0 Å². The summed E-state index contributed by atoms with van der Waals surface area (Å²) < 4.78 is 2.29. The van der Waals surface area contributed by atoms with Crippen LogP contribution in [0.3, 0.4) is 0 Å². The summed E-state index contributed by atoms with van der Waals surface area (Å²) >= 11 is 6.95. The first-order valence-corrected chi connectivity index (χ1v) is 14.2. The second-order valence-electron chi connectivity index (χ2n) is 9.78. The number of aromatic nitrogens is 1. The zero-order chi connectivity index (χ0) is 25.7. The predicted octanol–water partition coefficient (Wildman–Crippen LogP) is 5.70. The highest BCUT2D eigenvalue weighted by atomic mass is 32.2. The number of hydrogen-bond donors (Lipinski definition) is 0. The van der Waals surface area contributed by atoms with Crippen molar-refractivity contribution in [1.29, 1.82) is 5.26 Å². The molecule has 0 aliphatic carbocycles. The van der Waals surface area contributed by atoms with Crippen molar-refractivity contribution in [3.8, 4) is 6.07 Å². The number of carbonyl (C=O) groups is 1. The van der Waals surface area contributed by atoms with Gasteiger partial charge < -0.3 is 4.90 Å². The smallest absolute Gasteiger partial charge is 0.270 e. The normalized spacial score (nSPS) is 19.0. The molecule has 0 N–H and O–H groups in total. The number of amides is 1. The number of hydrogen-bond acceptors (Lipinski definition) is 6. The molecule has 190 valence electrons. The molecule has 2 fully saturated rings. The number of carbonyl (C=O) groups excluding carboxylic acids is 1. The van der Waals surface area contributed by atoms with Crippen molar-refractivity contribution in [3.05, 3.63) is 31.9 Å². The molecule has 8 heteroatoms. The Hall–Kier alpha value is -2.11. The molecule has 3 heterocycles. The predicted molar refractivity (Wildman–Crippen MR) is 150 cm³/mol. The lowest BCUT2D eigenvalue weighted by molar-refractivity contribution is -0.122. The topological polar surface area (TPSA) is 69.3 Å². The number of rotatable bonds is 9. The fourth-order valence-corrected chi connectivity index (χ4v) is 6.22. The van der Waals surface area contributed by atoms with E-state index in [1.165, 1.54) is 11.8 Å². The minimum absolute atomic E-state index is 0.0691. The Bertz CT molecular complexity index is 1090. The van der Waals surface area contributed by atoms with Gasteiger partial charge in [-0.15, -0.1) is 0 Å². The third-order valence-corrected chi connectivity index (χ3v) is 8.76. The van der Waals surface area contributed by atoms with Crippen LogP contribution in [0.25, 0.3) is 6.08 Å². The largest absolute Gasteiger partial charge is 0.357 e. The van der Waals surface area contributed by atoms with E-state index in [4.69, 9.17) is 12.2 Å². The van der Waals surface area contributed by atoms with E-state index in [0.29, 0.717) is 39.7 Å². The molecule has 2 aliphatic heterocycles. The highest BCUT2D eigenvalue weighted by molar-refractivity contribution is 8.26. The zero-order valence-corrected chi connectivity index (χ0v) is 23.4. The molecule has 35 heavy (non-hydrogen) atoms. The van der Waals surface area contributed by atoms with E-state index >= 15 is 0 Å². The van der Waals surface area contributed by atoms with Crippen LogP contribution in [0.4, 0.5) is 5.82 Å². The van der Waals surface area contributed by atoms with Gasteiger partial charge in [0.05, 0.1) is 4.91 Å². The van der Waals surface area contributed by atoms with Crippen molar-refractivity contribution < 1.29 is 4.79 Å². The molecule has 0 aromatic carbocycles. The van der Waals surface area contributed by atoms with Crippen molar-refractivity contribution >= 4 is 46.1 Å². The van der Waals surface area contributed by atoms with Crippen LogP contribution in [0.5, 0.6) is 0 Å². The number of pyridine rings is 1. The number of unbranched alkanes of at least 4 members (excludes halogenated alkanes) is 1. The van der Waals surface area contributed by atoms with Gasteiger partial charge in [0.15, 0.2) is 0 Å². The third kappa shape index (κ3) is 5.83. The maximum absolute atomic E-state index is 13.5. The van der Waals surface area contributed by atoms with Gasteiger partial charge in [-0.05, 0) is 56.6 Å². The van der Waals surface area contributed by atoms with E-state index in [2.05, 4.69) is 31.7 Å². The molecule has 1 aromatic heterocycles. The van der Waals surface area contributed by atoms with Gasteiger partial charge in [-0.3, -0.25) is 19.1 Å². The molecule has 0 spiro atoms. The summed E-state index contributed by atoms with van der Waals surface area (Å²) in [5.74, 6) is 1.82. The fourth-order valence-electron chi connectivity index (χ4n) is 4.96. The Morgan fingerprint density at radius 3 is 2.49 bits per heavy atom. The number of piperidine rings is 1. The van der Waals surface area contributed by atoms with Crippen LogP contribution in [0.1, 0.15) is 82.9 Å². The van der Waals surface area contributed by atoms with Gasteiger partial charge in [0.25, 0.3) is 11.5 Å². The van der Waals surface area contributed by atoms with Crippen molar-refractivity contribution in [2.75, 3.05) is 24.5 Å². The molecule has 0 bridgehead atoms. The Kier molecular flexibility index (Phi) is 9.60. The lowest BCUT2D eigenvalue weighted by Crippen LogP contribution is -2.39. The van der Waals surface area contributed by atoms with E-state index in [1.807, 2.05) is 19.9 Å². The average Bonchev–Trinajstić information content (AvgIpc) is 3.11. The first-order valence-electron chi connectivity index (χ1n) is 12.9. The van der Waals surface area contributed by atoms with Gasteiger partial charge in [-0.25, -0.2) is 0 Å². The van der Waals surface area contributed by atoms with Gasteiger partial charge >= 0.3 is 0 Å². The molecule has 0 saturated carbocycles. The summed E-state index contributed by atoms with van der Waals surface area (Å²) in [6.07, 6.45) is 8.37. The Labute approximate surface area is 219 Å². The van der Waals surface area contributed by atoms with Gasteiger partial charge in [0.2, 0.25) is 0 Å². The van der Waals surface area contributed by atoms with Crippen molar-refractivity contribution in [2.45, 2.75) is 79.7 Å². The molecular weight excluding hydrogens is 476 g/mol. The van der Waals surface area contributed by atoms with E-state index < -0.39 is 0 Å². The number of nitrogens with zero attached hydrogens (tertiary/aromatic N) is 4. The van der Waals surface area contributed by atoms with E-state index in [9.17, 15) is 14.9 Å². The maximum Gasteiger partial charge on any atom is 0.270 e. The molecule has 2 aliphatic rings. The van der Waals surface area contributed by atoms with Gasteiger partial charge in [-0.1, -0.05) is 64.0 Å². The zero-order valence-electron chi connectivity index (χ0n) is 21.7. The summed E-state index contributed by atoms with van der Waals surface area (Å²) in [5.41, 5.74) is 1.31. The minimum atomic E-state index is -0.257. The van der Waals surface area contributed by atoms with Crippen molar-refractivity contribution in [2.24, 2.45) is 11.8 Å². The van der Waals surface area contributed by atoms with Crippen LogP contribution in [-0.2, 0) is 11.3 Å². The molecule has 0 radical (unpaired) electrons. The molecule has 1 atom stereocenters. The standard InChI is InChI=1S/C27H38N4O2S2/c1-6-9-10-20(7-2)17-31-26(33)23(35-27(31)34)15-21-19(5)22(16-28)25(32)30(8-3)24(21)29-13-11-18(4)12-14-29/h15,18,20H,6-14,17H2,1-5H3/b23-15+. The number of nitriles is 1. The van der Waals surface area contributed by atoms with Crippen LogP contribution in [0, 0.1) is 30.1 Å². The SMILES string of the molecule is CCCCC(CC)CN1C(=O)/C(=C\c2c(C)c(C#N)c(=O)n(CC)c2N2CCC(C)CC2)SC1=S. The average molecular weight is 515 g/mol. The monoisotopic (exact) mass is 514 g/mol.